The van der Waals surface area contributed by atoms with Crippen LogP contribution >= 0.6 is 0 Å². The standard InChI is InChI=1S/C7H9NO5/c1-3(9)8-7(6(12)13)2-4(7)5(10)11/h4H,2H2,1H3,(H,8,9)(H,10,11)(H,12,13)/t4-,7+/m1/s1. The van der Waals surface area contributed by atoms with E-state index in [1.807, 2.05) is 0 Å². The molecule has 1 saturated carbocycles. The lowest BCUT2D eigenvalue weighted by atomic mass is 10.2. The third-order valence-electron chi connectivity index (χ3n) is 2.04. The molecule has 72 valence electrons. The molecule has 0 aromatic heterocycles. The first-order valence-corrected chi connectivity index (χ1v) is 3.65. The number of carboxylic acids is 2. The Morgan fingerprint density at radius 1 is 1.38 bits per heavy atom. The average molecular weight is 187 g/mol. The molecule has 1 rings (SSSR count). The van der Waals surface area contributed by atoms with Gasteiger partial charge in [-0.2, -0.15) is 0 Å². The third kappa shape index (κ3) is 1.47. The lowest BCUT2D eigenvalue weighted by Gasteiger charge is -2.11. The van der Waals surface area contributed by atoms with Crippen molar-refractivity contribution in [2.75, 3.05) is 0 Å². The minimum atomic E-state index is -1.57. The van der Waals surface area contributed by atoms with Crippen molar-refractivity contribution in [2.24, 2.45) is 5.92 Å². The van der Waals surface area contributed by atoms with Gasteiger partial charge in [-0.3, -0.25) is 9.59 Å². The molecule has 1 aliphatic rings. The van der Waals surface area contributed by atoms with E-state index < -0.39 is 29.3 Å². The van der Waals surface area contributed by atoms with Crippen LogP contribution in [0.5, 0.6) is 0 Å². The summed E-state index contributed by atoms with van der Waals surface area (Å²) in [7, 11) is 0. The van der Waals surface area contributed by atoms with Gasteiger partial charge in [-0.1, -0.05) is 0 Å². The maximum atomic E-state index is 10.7. The fourth-order valence-electron chi connectivity index (χ4n) is 1.30. The second-order valence-corrected chi connectivity index (χ2v) is 3.05. The van der Waals surface area contributed by atoms with Crippen LogP contribution < -0.4 is 5.32 Å². The zero-order valence-electron chi connectivity index (χ0n) is 6.90. The molecule has 1 amide bonds. The molecule has 6 heteroatoms. The zero-order valence-corrected chi connectivity index (χ0v) is 6.90. The van der Waals surface area contributed by atoms with Crippen molar-refractivity contribution in [3.05, 3.63) is 0 Å². The Morgan fingerprint density at radius 3 is 2.15 bits per heavy atom. The Kier molecular flexibility index (Phi) is 1.99. The van der Waals surface area contributed by atoms with Crippen molar-refractivity contribution < 1.29 is 24.6 Å². The second-order valence-electron chi connectivity index (χ2n) is 3.05. The molecule has 0 radical (unpaired) electrons. The minimum absolute atomic E-state index is 0.0444. The number of carboxylic acid groups (broad SMARTS) is 2. The van der Waals surface area contributed by atoms with Gasteiger partial charge in [0.1, 0.15) is 0 Å². The molecule has 13 heavy (non-hydrogen) atoms. The molecule has 0 unspecified atom stereocenters. The van der Waals surface area contributed by atoms with E-state index in [1.165, 1.54) is 0 Å². The zero-order chi connectivity index (χ0) is 10.2. The van der Waals surface area contributed by atoms with Gasteiger partial charge >= 0.3 is 11.9 Å². The highest BCUT2D eigenvalue weighted by Gasteiger charge is 2.65. The maximum absolute atomic E-state index is 10.7. The first-order valence-electron chi connectivity index (χ1n) is 3.65. The van der Waals surface area contributed by atoms with Crippen molar-refractivity contribution in [3.8, 4) is 0 Å². The molecule has 0 saturated heterocycles. The normalized spacial score (nSPS) is 30.7. The first kappa shape index (κ1) is 9.50. The van der Waals surface area contributed by atoms with Gasteiger partial charge in [-0.05, 0) is 6.42 Å². The van der Waals surface area contributed by atoms with Crippen LogP contribution in [-0.2, 0) is 14.4 Å². The number of hydrogen-bond acceptors (Lipinski definition) is 3. The molecule has 3 N–H and O–H groups in total. The van der Waals surface area contributed by atoms with E-state index in [1.54, 1.807) is 0 Å². The van der Waals surface area contributed by atoms with E-state index in [4.69, 9.17) is 10.2 Å². The summed E-state index contributed by atoms with van der Waals surface area (Å²) in [5.74, 6) is -4.04. The van der Waals surface area contributed by atoms with Gasteiger partial charge in [-0.25, -0.2) is 4.79 Å². The molecule has 1 aliphatic carbocycles. The Balaban J connectivity index is 2.77. The highest BCUT2D eigenvalue weighted by molar-refractivity contribution is 5.96. The summed E-state index contributed by atoms with van der Waals surface area (Å²) < 4.78 is 0. The number of carbonyl (C=O) groups is 3. The molecule has 0 aromatic carbocycles. The predicted molar refractivity (Wildman–Crippen MR) is 39.9 cm³/mol. The van der Waals surface area contributed by atoms with Gasteiger partial charge in [0.25, 0.3) is 0 Å². The number of aliphatic carboxylic acids is 2. The largest absolute Gasteiger partial charge is 0.481 e. The number of amides is 1. The van der Waals surface area contributed by atoms with E-state index in [2.05, 4.69) is 5.32 Å². The van der Waals surface area contributed by atoms with E-state index in [0.29, 0.717) is 0 Å². The van der Waals surface area contributed by atoms with Gasteiger partial charge in [0.2, 0.25) is 5.91 Å². The Morgan fingerprint density at radius 2 is 1.92 bits per heavy atom. The number of hydrogen-bond donors (Lipinski definition) is 3. The van der Waals surface area contributed by atoms with Crippen LogP contribution in [-0.4, -0.2) is 33.6 Å². The van der Waals surface area contributed by atoms with Crippen LogP contribution in [0.2, 0.25) is 0 Å². The minimum Gasteiger partial charge on any atom is -0.481 e. The highest BCUT2D eigenvalue weighted by atomic mass is 16.4. The molecule has 0 aromatic rings. The number of rotatable bonds is 3. The van der Waals surface area contributed by atoms with Crippen molar-refractivity contribution in [3.63, 3.8) is 0 Å². The Hall–Kier alpha value is -1.59. The van der Waals surface area contributed by atoms with Crippen LogP contribution in [0.4, 0.5) is 0 Å². The molecule has 0 bridgehead atoms. The van der Waals surface area contributed by atoms with Crippen LogP contribution in [0.1, 0.15) is 13.3 Å². The lowest BCUT2D eigenvalue weighted by Crippen LogP contribution is -2.45. The molecule has 0 aliphatic heterocycles. The van der Waals surface area contributed by atoms with E-state index in [-0.39, 0.29) is 6.42 Å². The number of carbonyl (C=O) groups excluding carboxylic acids is 1. The summed E-state index contributed by atoms with van der Waals surface area (Å²) in [4.78, 5) is 31.7. The predicted octanol–water partition coefficient (Wildman–Crippen LogP) is -0.950. The first-order chi connectivity index (χ1) is 5.90. The van der Waals surface area contributed by atoms with Crippen LogP contribution in [0.25, 0.3) is 0 Å². The summed E-state index contributed by atoms with van der Waals surface area (Å²) in [6, 6.07) is 0. The van der Waals surface area contributed by atoms with E-state index in [9.17, 15) is 14.4 Å². The topological polar surface area (TPSA) is 104 Å². The van der Waals surface area contributed by atoms with Crippen molar-refractivity contribution in [1.82, 2.24) is 5.32 Å². The SMILES string of the molecule is CC(=O)N[C@@]1(C(=O)O)C[C@@H]1C(=O)O. The smallest absolute Gasteiger partial charge is 0.330 e. The fraction of sp³-hybridized carbons (Fsp3) is 0.571. The van der Waals surface area contributed by atoms with E-state index >= 15 is 0 Å². The molecule has 1 fully saturated rings. The van der Waals surface area contributed by atoms with Gasteiger partial charge in [0, 0.05) is 6.92 Å². The van der Waals surface area contributed by atoms with Crippen molar-refractivity contribution in [2.45, 2.75) is 18.9 Å². The molecule has 0 heterocycles. The van der Waals surface area contributed by atoms with Crippen molar-refractivity contribution >= 4 is 17.8 Å². The highest BCUT2D eigenvalue weighted by Crippen LogP contribution is 2.43. The summed E-state index contributed by atoms with van der Waals surface area (Å²) in [6.45, 7) is 1.15. The fourth-order valence-corrected chi connectivity index (χ4v) is 1.30. The van der Waals surface area contributed by atoms with Gasteiger partial charge in [0.15, 0.2) is 5.54 Å². The Labute approximate surface area is 73.5 Å². The summed E-state index contributed by atoms with van der Waals surface area (Å²) in [6.07, 6.45) is -0.0444. The molecule has 2 atom stereocenters. The third-order valence-corrected chi connectivity index (χ3v) is 2.04. The molecular weight excluding hydrogens is 178 g/mol. The average Bonchev–Trinajstić information content (AvgIpc) is 2.62. The maximum Gasteiger partial charge on any atom is 0.330 e. The lowest BCUT2D eigenvalue weighted by molar-refractivity contribution is -0.147. The Bertz CT molecular complexity index is 287. The molecule has 6 nitrogen and oxygen atoms in total. The van der Waals surface area contributed by atoms with E-state index in [0.717, 1.165) is 6.92 Å². The summed E-state index contributed by atoms with van der Waals surface area (Å²) in [5, 5.41) is 19.4. The van der Waals surface area contributed by atoms with Gasteiger partial charge < -0.3 is 15.5 Å². The van der Waals surface area contributed by atoms with Gasteiger partial charge in [-0.15, -0.1) is 0 Å². The summed E-state index contributed by atoms with van der Waals surface area (Å²) in [5.41, 5.74) is -1.57. The van der Waals surface area contributed by atoms with Crippen LogP contribution in [0.3, 0.4) is 0 Å². The quantitative estimate of drug-likeness (QED) is 0.528. The van der Waals surface area contributed by atoms with Crippen molar-refractivity contribution in [1.29, 1.82) is 0 Å². The monoisotopic (exact) mass is 187 g/mol. The molecular formula is C7H9NO5. The summed E-state index contributed by atoms with van der Waals surface area (Å²) >= 11 is 0. The van der Waals surface area contributed by atoms with Crippen LogP contribution in [0.15, 0.2) is 0 Å². The van der Waals surface area contributed by atoms with Gasteiger partial charge in [0.05, 0.1) is 5.92 Å². The molecule has 0 spiro atoms. The number of nitrogens with one attached hydrogen (secondary N) is 1. The second kappa shape index (κ2) is 2.72. The van der Waals surface area contributed by atoms with Crippen LogP contribution in [0, 0.1) is 5.92 Å².